The number of amides is 1. The Morgan fingerprint density at radius 1 is 1.15 bits per heavy atom. The smallest absolute Gasteiger partial charge is 0.328 e. The molecule has 3 heterocycles. The molecule has 1 aliphatic heterocycles. The SMILES string of the molecule is O=C(c1cc(-c2ccc(Cl)cc2)n[nH]1)N1CCn2c(nnc2C(F)(F)F)C1. The Bertz CT molecular complexity index is 995. The van der Waals surface area contributed by atoms with E-state index in [0.29, 0.717) is 10.7 Å². The van der Waals surface area contributed by atoms with Crippen molar-refractivity contribution in [1.29, 1.82) is 0 Å². The third-order valence-corrected chi connectivity index (χ3v) is 4.49. The maximum absolute atomic E-state index is 12.9. The number of hydrogen-bond acceptors (Lipinski definition) is 4. The quantitative estimate of drug-likeness (QED) is 0.722. The van der Waals surface area contributed by atoms with Crippen molar-refractivity contribution in [2.45, 2.75) is 19.3 Å². The van der Waals surface area contributed by atoms with E-state index in [1.807, 2.05) is 0 Å². The van der Waals surface area contributed by atoms with Gasteiger partial charge in [-0.05, 0) is 18.2 Å². The summed E-state index contributed by atoms with van der Waals surface area (Å²) in [5.41, 5.74) is 1.58. The molecule has 4 rings (SSSR count). The largest absolute Gasteiger partial charge is 0.451 e. The van der Waals surface area contributed by atoms with E-state index in [4.69, 9.17) is 11.6 Å². The van der Waals surface area contributed by atoms with Crippen molar-refractivity contribution >= 4 is 17.5 Å². The predicted octanol–water partition coefficient (Wildman–Crippen LogP) is 3.00. The maximum atomic E-state index is 12.9. The van der Waals surface area contributed by atoms with E-state index in [2.05, 4.69) is 20.4 Å². The molecule has 0 saturated carbocycles. The molecule has 0 unspecified atom stereocenters. The molecule has 1 amide bonds. The fraction of sp³-hybridized carbons (Fsp3) is 0.250. The van der Waals surface area contributed by atoms with Crippen molar-refractivity contribution in [3.63, 3.8) is 0 Å². The van der Waals surface area contributed by atoms with Gasteiger partial charge in [-0.15, -0.1) is 10.2 Å². The maximum Gasteiger partial charge on any atom is 0.451 e. The van der Waals surface area contributed by atoms with Crippen LogP contribution in [0.15, 0.2) is 30.3 Å². The molecule has 140 valence electrons. The predicted molar refractivity (Wildman–Crippen MR) is 88.8 cm³/mol. The summed E-state index contributed by atoms with van der Waals surface area (Å²) in [6.45, 7) is 0.0283. The van der Waals surface area contributed by atoms with Crippen molar-refractivity contribution < 1.29 is 18.0 Å². The van der Waals surface area contributed by atoms with Crippen LogP contribution in [0.3, 0.4) is 0 Å². The third kappa shape index (κ3) is 3.27. The second kappa shape index (κ2) is 6.38. The first-order valence-electron chi connectivity index (χ1n) is 7.93. The number of aromatic nitrogens is 5. The molecule has 0 radical (unpaired) electrons. The Labute approximate surface area is 155 Å². The van der Waals surface area contributed by atoms with Crippen LogP contribution in [-0.4, -0.2) is 42.3 Å². The number of carbonyl (C=O) groups is 1. The number of H-pyrrole nitrogens is 1. The molecule has 0 fully saturated rings. The van der Waals surface area contributed by atoms with Crippen LogP contribution in [0, 0.1) is 0 Å². The number of nitrogens with one attached hydrogen (secondary N) is 1. The normalized spacial score (nSPS) is 14.3. The lowest BCUT2D eigenvalue weighted by molar-refractivity contribution is -0.147. The number of carbonyl (C=O) groups excluding carboxylic acids is 1. The summed E-state index contributed by atoms with van der Waals surface area (Å²) >= 11 is 5.86. The van der Waals surface area contributed by atoms with Gasteiger partial charge in [-0.1, -0.05) is 23.7 Å². The molecule has 0 aliphatic carbocycles. The van der Waals surface area contributed by atoms with Gasteiger partial charge in [0.1, 0.15) is 5.69 Å². The Morgan fingerprint density at radius 2 is 1.89 bits per heavy atom. The molecule has 7 nitrogen and oxygen atoms in total. The number of fused-ring (bicyclic) bond motifs is 1. The Morgan fingerprint density at radius 3 is 2.59 bits per heavy atom. The second-order valence-corrected chi connectivity index (χ2v) is 6.43. The van der Waals surface area contributed by atoms with Gasteiger partial charge in [0.2, 0.25) is 5.82 Å². The van der Waals surface area contributed by atoms with E-state index in [9.17, 15) is 18.0 Å². The van der Waals surface area contributed by atoms with Crippen molar-refractivity contribution in [3.05, 3.63) is 52.7 Å². The summed E-state index contributed by atoms with van der Waals surface area (Å²) < 4.78 is 39.7. The number of nitrogens with zero attached hydrogens (tertiary/aromatic N) is 5. The third-order valence-electron chi connectivity index (χ3n) is 4.24. The molecule has 0 atom stereocenters. The number of hydrogen-bond donors (Lipinski definition) is 1. The van der Waals surface area contributed by atoms with Crippen LogP contribution in [-0.2, 0) is 19.3 Å². The zero-order valence-electron chi connectivity index (χ0n) is 13.7. The number of alkyl halides is 3. The zero-order valence-corrected chi connectivity index (χ0v) is 14.4. The molecule has 27 heavy (non-hydrogen) atoms. The van der Waals surface area contributed by atoms with Gasteiger partial charge in [0.05, 0.1) is 12.2 Å². The number of halogens is 4. The summed E-state index contributed by atoms with van der Waals surface area (Å²) in [6.07, 6.45) is -4.58. The van der Waals surface area contributed by atoms with Gasteiger partial charge in [0, 0.05) is 23.7 Å². The minimum Gasteiger partial charge on any atom is -0.328 e. The van der Waals surface area contributed by atoms with Crippen LogP contribution in [0.25, 0.3) is 11.3 Å². The molecule has 1 aliphatic rings. The lowest BCUT2D eigenvalue weighted by Gasteiger charge is -2.27. The summed E-state index contributed by atoms with van der Waals surface area (Å²) in [7, 11) is 0. The van der Waals surface area contributed by atoms with Gasteiger partial charge in [-0.25, -0.2) is 0 Å². The summed E-state index contributed by atoms with van der Waals surface area (Å²) in [5, 5.41) is 14.1. The van der Waals surface area contributed by atoms with E-state index in [1.165, 1.54) is 4.90 Å². The molecule has 0 bridgehead atoms. The topological polar surface area (TPSA) is 79.7 Å². The van der Waals surface area contributed by atoms with Crippen LogP contribution in [0.4, 0.5) is 13.2 Å². The monoisotopic (exact) mass is 396 g/mol. The first-order chi connectivity index (χ1) is 12.8. The average molecular weight is 397 g/mol. The molecule has 0 saturated heterocycles. The first-order valence-corrected chi connectivity index (χ1v) is 8.30. The van der Waals surface area contributed by atoms with Gasteiger partial charge in [-0.2, -0.15) is 18.3 Å². The van der Waals surface area contributed by atoms with Gasteiger partial charge in [0.15, 0.2) is 5.82 Å². The molecular formula is C16H12ClF3N6O. The van der Waals surface area contributed by atoms with Crippen molar-refractivity contribution in [2.75, 3.05) is 6.54 Å². The Balaban J connectivity index is 1.53. The number of rotatable bonds is 2. The zero-order chi connectivity index (χ0) is 19.2. The second-order valence-electron chi connectivity index (χ2n) is 5.99. The highest BCUT2D eigenvalue weighted by Crippen LogP contribution is 2.29. The highest BCUT2D eigenvalue weighted by Gasteiger charge is 2.40. The highest BCUT2D eigenvalue weighted by molar-refractivity contribution is 6.30. The number of benzene rings is 1. The van der Waals surface area contributed by atoms with Crippen LogP contribution in [0.5, 0.6) is 0 Å². The molecule has 1 N–H and O–H groups in total. The van der Waals surface area contributed by atoms with Crippen LogP contribution < -0.4 is 0 Å². The van der Waals surface area contributed by atoms with Gasteiger partial charge < -0.3 is 9.47 Å². The van der Waals surface area contributed by atoms with E-state index in [1.54, 1.807) is 30.3 Å². The minimum absolute atomic E-state index is 0.0267. The highest BCUT2D eigenvalue weighted by atomic mass is 35.5. The lowest BCUT2D eigenvalue weighted by atomic mass is 10.1. The van der Waals surface area contributed by atoms with E-state index >= 15 is 0 Å². The van der Waals surface area contributed by atoms with Gasteiger partial charge >= 0.3 is 6.18 Å². The molecule has 2 aromatic heterocycles. The van der Waals surface area contributed by atoms with Crippen molar-refractivity contribution in [2.24, 2.45) is 0 Å². The fourth-order valence-corrected chi connectivity index (χ4v) is 3.04. The van der Waals surface area contributed by atoms with Crippen molar-refractivity contribution in [3.8, 4) is 11.3 Å². The lowest BCUT2D eigenvalue weighted by Crippen LogP contribution is -2.39. The minimum atomic E-state index is -4.58. The number of aromatic amines is 1. The fourth-order valence-electron chi connectivity index (χ4n) is 2.91. The Kier molecular flexibility index (Phi) is 4.14. The van der Waals surface area contributed by atoms with Crippen LogP contribution in [0.2, 0.25) is 5.02 Å². The summed E-state index contributed by atoms with van der Waals surface area (Å²) in [6, 6.07) is 8.56. The van der Waals surface area contributed by atoms with E-state index in [-0.39, 0.29) is 37.1 Å². The van der Waals surface area contributed by atoms with Crippen LogP contribution >= 0.6 is 11.6 Å². The van der Waals surface area contributed by atoms with E-state index in [0.717, 1.165) is 10.1 Å². The molecule has 1 aromatic carbocycles. The molecule has 0 spiro atoms. The molecule has 11 heteroatoms. The summed E-state index contributed by atoms with van der Waals surface area (Å²) in [4.78, 5) is 14.1. The summed E-state index contributed by atoms with van der Waals surface area (Å²) in [5.74, 6) is -1.32. The average Bonchev–Trinajstić information content (AvgIpc) is 3.28. The first kappa shape index (κ1) is 17.5. The van der Waals surface area contributed by atoms with Gasteiger partial charge in [-0.3, -0.25) is 9.89 Å². The standard InChI is InChI=1S/C16H12ClF3N6O/c17-10-3-1-9(2-4-10)11-7-12(22-21-11)14(27)25-5-6-26-13(8-25)23-24-15(26)16(18,19)20/h1-4,7H,5-6,8H2,(H,21,22). The molecule has 3 aromatic rings. The molecular weight excluding hydrogens is 385 g/mol. The van der Waals surface area contributed by atoms with Crippen LogP contribution in [0.1, 0.15) is 22.1 Å². The van der Waals surface area contributed by atoms with Gasteiger partial charge in [0.25, 0.3) is 5.91 Å². The Hall–Kier alpha value is -2.88. The van der Waals surface area contributed by atoms with Crippen molar-refractivity contribution in [1.82, 2.24) is 29.9 Å². The van der Waals surface area contributed by atoms with E-state index < -0.39 is 12.0 Å².